The third kappa shape index (κ3) is 6.51. The monoisotopic (exact) mass is 391 g/mol. The molecule has 0 amide bonds. The van der Waals surface area contributed by atoms with Crippen LogP contribution >= 0.6 is 0 Å². The number of nitrogens with one attached hydrogen (secondary N) is 1. The average molecular weight is 392 g/mol. The van der Waals surface area contributed by atoms with Crippen LogP contribution < -0.4 is 9.47 Å². The summed E-state index contributed by atoms with van der Waals surface area (Å²) in [7, 11) is 3.32. The minimum Gasteiger partial charge on any atom is -0.493 e. The summed E-state index contributed by atoms with van der Waals surface area (Å²) < 4.78 is 21.6. The lowest BCUT2D eigenvalue weighted by molar-refractivity contribution is -0.139. The zero-order valence-corrected chi connectivity index (χ0v) is 17.5. The second kappa shape index (κ2) is 11.1. The molecule has 0 aromatic heterocycles. The molecule has 2 rings (SSSR count). The van der Waals surface area contributed by atoms with Gasteiger partial charge >= 0.3 is 5.97 Å². The van der Waals surface area contributed by atoms with Gasteiger partial charge in [-0.2, -0.15) is 0 Å². The van der Waals surface area contributed by atoms with Crippen LogP contribution in [0.5, 0.6) is 11.5 Å². The number of carbonyl (C=O) groups excluding carboxylic acids is 1. The van der Waals surface area contributed by atoms with Gasteiger partial charge in [-0.1, -0.05) is 19.9 Å². The van der Waals surface area contributed by atoms with E-state index in [4.69, 9.17) is 24.4 Å². The van der Waals surface area contributed by atoms with Gasteiger partial charge in [0.15, 0.2) is 11.5 Å². The number of hydrogen-bond acceptors (Lipinski definition) is 6. The summed E-state index contributed by atoms with van der Waals surface area (Å²) in [6.07, 6.45) is 2.98. The van der Waals surface area contributed by atoms with Crippen molar-refractivity contribution in [1.29, 1.82) is 5.41 Å². The first-order chi connectivity index (χ1) is 13.4. The van der Waals surface area contributed by atoms with Crippen molar-refractivity contribution in [1.82, 2.24) is 0 Å². The second-order valence-corrected chi connectivity index (χ2v) is 7.63. The van der Waals surface area contributed by atoms with Crippen LogP contribution in [0.25, 0.3) is 0 Å². The smallest absolute Gasteiger partial charge is 0.306 e. The molecule has 156 valence electrons. The first-order valence-corrected chi connectivity index (χ1v) is 10.00. The molecule has 6 nitrogen and oxygen atoms in total. The van der Waals surface area contributed by atoms with Crippen molar-refractivity contribution in [2.24, 2.45) is 11.8 Å². The van der Waals surface area contributed by atoms with Gasteiger partial charge in [-0.05, 0) is 42.4 Å². The van der Waals surface area contributed by atoms with Gasteiger partial charge < -0.3 is 24.4 Å². The van der Waals surface area contributed by atoms with Crippen LogP contribution in [0, 0.1) is 17.2 Å². The van der Waals surface area contributed by atoms with E-state index in [1.54, 1.807) is 14.2 Å². The molecule has 1 fully saturated rings. The van der Waals surface area contributed by atoms with Crippen molar-refractivity contribution in [3.05, 3.63) is 23.8 Å². The first-order valence-electron chi connectivity index (χ1n) is 10.00. The summed E-state index contributed by atoms with van der Waals surface area (Å²) >= 11 is 0. The highest BCUT2D eigenvalue weighted by Crippen LogP contribution is 2.31. The summed E-state index contributed by atoms with van der Waals surface area (Å²) in [4.78, 5) is 11.3. The fraction of sp³-hybridized carbons (Fsp3) is 0.636. The van der Waals surface area contributed by atoms with E-state index in [0.29, 0.717) is 55.8 Å². The zero-order chi connectivity index (χ0) is 20.5. The number of ether oxygens (including phenoxy) is 4. The minimum absolute atomic E-state index is 0.193. The quantitative estimate of drug-likeness (QED) is 0.330. The Labute approximate surface area is 168 Å². The van der Waals surface area contributed by atoms with E-state index < -0.39 is 0 Å². The molecule has 1 aromatic rings. The molecule has 0 spiro atoms. The molecule has 28 heavy (non-hydrogen) atoms. The lowest BCUT2D eigenvalue weighted by Gasteiger charge is -2.23. The fourth-order valence-corrected chi connectivity index (χ4v) is 3.38. The third-order valence-corrected chi connectivity index (χ3v) is 5.17. The normalized spacial score (nSPS) is 17.5. The fourth-order valence-electron chi connectivity index (χ4n) is 3.38. The molecule has 2 atom stereocenters. The maximum Gasteiger partial charge on any atom is 0.306 e. The maximum absolute atomic E-state index is 11.3. The molecule has 1 aliphatic rings. The number of benzene rings is 1. The standard InChI is InChI=1S/C22H33NO5/c1-15(2)17(14-18(23)19-8-9-22(24)28-19)12-16-6-7-20(26-4)21(13-16)27-11-5-10-25-3/h6-7,13,15,17,19,23H,5,8-12,14H2,1-4H3. The van der Waals surface area contributed by atoms with E-state index in [9.17, 15) is 4.79 Å². The maximum atomic E-state index is 11.3. The number of cyclic esters (lactones) is 1. The Morgan fingerprint density at radius 3 is 2.64 bits per heavy atom. The SMILES string of the molecule is COCCCOc1cc(CC(CC(=N)C2CCC(=O)O2)C(C)C)ccc1OC. The summed E-state index contributed by atoms with van der Waals surface area (Å²) in [5.41, 5.74) is 1.67. The lowest BCUT2D eigenvalue weighted by atomic mass is 9.84. The van der Waals surface area contributed by atoms with Crippen LogP contribution in [0.4, 0.5) is 0 Å². The Morgan fingerprint density at radius 2 is 2.04 bits per heavy atom. The summed E-state index contributed by atoms with van der Waals surface area (Å²) in [5.74, 6) is 1.96. The summed E-state index contributed by atoms with van der Waals surface area (Å²) in [6.45, 7) is 5.57. The van der Waals surface area contributed by atoms with Gasteiger partial charge in [0.2, 0.25) is 0 Å². The predicted octanol–water partition coefficient (Wildman–Crippen LogP) is 4.04. The predicted molar refractivity (Wildman–Crippen MR) is 108 cm³/mol. The molecule has 1 aliphatic heterocycles. The Hall–Kier alpha value is -2.08. The molecule has 1 aromatic carbocycles. The molecule has 6 heteroatoms. The highest BCUT2D eigenvalue weighted by Gasteiger charge is 2.29. The summed E-state index contributed by atoms with van der Waals surface area (Å²) in [5, 5.41) is 8.37. The van der Waals surface area contributed by atoms with E-state index in [0.717, 1.165) is 24.2 Å². The summed E-state index contributed by atoms with van der Waals surface area (Å²) in [6, 6.07) is 6.01. The number of hydrogen-bond donors (Lipinski definition) is 1. The van der Waals surface area contributed by atoms with Crippen molar-refractivity contribution < 1.29 is 23.7 Å². The molecule has 2 unspecified atom stereocenters. The van der Waals surface area contributed by atoms with Crippen LogP contribution in [0.2, 0.25) is 0 Å². The molecule has 0 bridgehead atoms. The van der Waals surface area contributed by atoms with Gasteiger partial charge in [0.1, 0.15) is 6.10 Å². The lowest BCUT2D eigenvalue weighted by Crippen LogP contribution is -2.25. The minimum atomic E-state index is -0.343. The average Bonchev–Trinajstić information content (AvgIpc) is 3.11. The van der Waals surface area contributed by atoms with E-state index in [-0.39, 0.29) is 12.1 Å². The van der Waals surface area contributed by atoms with Gasteiger partial charge in [-0.15, -0.1) is 0 Å². The van der Waals surface area contributed by atoms with Crippen molar-refractivity contribution >= 4 is 11.7 Å². The zero-order valence-electron chi connectivity index (χ0n) is 17.5. The Kier molecular flexibility index (Phi) is 8.77. The van der Waals surface area contributed by atoms with Gasteiger partial charge in [0, 0.05) is 38.7 Å². The number of carbonyl (C=O) groups is 1. The van der Waals surface area contributed by atoms with Crippen LogP contribution in [0.1, 0.15) is 45.1 Å². The highest BCUT2D eigenvalue weighted by molar-refractivity contribution is 5.90. The van der Waals surface area contributed by atoms with Crippen molar-refractivity contribution in [2.75, 3.05) is 27.4 Å². The van der Waals surface area contributed by atoms with Gasteiger partial charge in [-0.25, -0.2) is 0 Å². The molecular weight excluding hydrogens is 358 g/mol. The third-order valence-electron chi connectivity index (χ3n) is 5.17. The molecular formula is C22H33NO5. The largest absolute Gasteiger partial charge is 0.493 e. The highest BCUT2D eigenvalue weighted by atomic mass is 16.5. The molecule has 0 saturated carbocycles. The van der Waals surface area contributed by atoms with Crippen LogP contribution in [0.15, 0.2) is 18.2 Å². The van der Waals surface area contributed by atoms with Gasteiger partial charge in [0.05, 0.1) is 13.7 Å². The van der Waals surface area contributed by atoms with Gasteiger partial charge in [-0.3, -0.25) is 4.79 Å². The Morgan fingerprint density at radius 1 is 1.25 bits per heavy atom. The number of rotatable bonds is 12. The van der Waals surface area contributed by atoms with Crippen molar-refractivity contribution in [3.63, 3.8) is 0 Å². The van der Waals surface area contributed by atoms with E-state index in [2.05, 4.69) is 19.9 Å². The first kappa shape index (κ1) is 22.2. The van der Waals surface area contributed by atoms with Crippen LogP contribution in [0.3, 0.4) is 0 Å². The second-order valence-electron chi connectivity index (χ2n) is 7.63. The Balaban J connectivity index is 2.02. The van der Waals surface area contributed by atoms with E-state index in [1.807, 2.05) is 12.1 Å². The van der Waals surface area contributed by atoms with Crippen LogP contribution in [-0.2, 0) is 20.7 Å². The molecule has 0 aliphatic carbocycles. The number of methoxy groups -OCH3 is 2. The van der Waals surface area contributed by atoms with Crippen LogP contribution in [-0.4, -0.2) is 45.2 Å². The van der Waals surface area contributed by atoms with Crippen molar-refractivity contribution in [2.45, 2.75) is 52.1 Å². The Bertz CT molecular complexity index is 658. The molecule has 0 radical (unpaired) electrons. The van der Waals surface area contributed by atoms with E-state index in [1.165, 1.54) is 0 Å². The number of esters is 1. The molecule has 1 saturated heterocycles. The van der Waals surface area contributed by atoms with Crippen molar-refractivity contribution in [3.8, 4) is 11.5 Å². The topological polar surface area (TPSA) is 77.8 Å². The van der Waals surface area contributed by atoms with E-state index >= 15 is 0 Å². The molecule has 1 heterocycles. The van der Waals surface area contributed by atoms with Gasteiger partial charge in [0.25, 0.3) is 0 Å². The molecule has 1 N–H and O–H groups in total.